The number of amides is 2. The average Bonchev–Trinajstić information content (AvgIpc) is 2.83. The van der Waals surface area contributed by atoms with Gasteiger partial charge in [0.1, 0.15) is 0 Å². The maximum absolute atomic E-state index is 12.9. The third kappa shape index (κ3) is 6.93. The second kappa shape index (κ2) is 11.2. The molecule has 1 atom stereocenters. The Kier molecular flexibility index (Phi) is 8.30. The average molecular weight is 494 g/mol. The van der Waals surface area contributed by atoms with Gasteiger partial charge in [0.2, 0.25) is 5.91 Å². The van der Waals surface area contributed by atoms with Crippen LogP contribution in [0.5, 0.6) is 0 Å². The zero-order valence-corrected chi connectivity index (χ0v) is 21.2. The highest BCUT2D eigenvalue weighted by Gasteiger charge is 2.18. The van der Waals surface area contributed by atoms with E-state index in [1.54, 1.807) is 43.3 Å². The fourth-order valence-corrected chi connectivity index (χ4v) is 4.81. The highest BCUT2D eigenvalue weighted by Crippen LogP contribution is 2.21. The van der Waals surface area contributed by atoms with Crippen molar-refractivity contribution in [3.8, 4) is 0 Å². The summed E-state index contributed by atoms with van der Waals surface area (Å²) in [5.74, 6) is -0.474. The molecule has 0 fully saturated rings. The van der Waals surface area contributed by atoms with Crippen LogP contribution in [0.2, 0.25) is 0 Å². The molecule has 8 heteroatoms. The number of nitrogens with one attached hydrogen (secondary N) is 3. The summed E-state index contributed by atoms with van der Waals surface area (Å²) >= 11 is 0. The summed E-state index contributed by atoms with van der Waals surface area (Å²) in [5.41, 5.74) is 3.60. The second-order valence-corrected chi connectivity index (χ2v) is 10.3. The molecule has 7 nitrogen and oxygen atoms in total. The first kappa shape index (κ1) is 26.0. The van der Waals surface area contributed by atoms with Crippen molar-refractivity contribution in [3.05, 3.63) is 89.0 Å². The SMILES string of the molecule is CCC(C)C(=O)Nc1cccc(CNC(=O)c2cccc(NS(=O)(=O)c3cc(C)ccc3C)c2)c1. The van der Waals surface area contributed by atoms with E-state index in [0.717, 1.165) is 17.5 Å². The summed E-state index contributed by atoms with van der Waals surface area (Å²) < 4.78 is 28.4. The zero-order valence-electron chi connectivity index (χ0n) is 20.4. The quantitative estimate of drug-likeness (QED) is 0.389. The number of carbonyl (C=O) groups excluding carboxylic acids is 2. The van der Waals surface area contributed by atoms with E-state index < -0.39 is 10.0 Å². The Morgan fingerprint density at radius 1 is 0.914 bits per heavy atom. The molecule has 2 amide bonds. The van der Waals surface area contributed by atoms with E-state index in [1.807, 2.05) is 45.0 Å². The first-order valence-electron chi connectivity index (χ1n) is 11.5. The lowest BCUT2D eigenvalue weighted by atomic mass is 10.1. The van der Waals surface area contributed by atoms with Crippen LogP contribution in [0.25, 0.3) is 0 Å². The number of aryl methyl sites for hydroxylation is 2. The smallest absolute Gasteiger partial charge is 0.262 e. The predicted molar refractivity (Wildman–Crippen MR) is 139 cm³/mol. The zero-order chi connectivity index (χ0) is 25.6. The van der Waals surface area contributed by atoms with Crippen LogP contribution in [-0.4, -0.2) is 20.2 Å². The first-order valence-corrected chi connectivity index (χ1v) is 13.0. The Labute approximate surface area is 207 Å². The van der Waals surface area contributed by atoms with Crippen LogP contribution < -0.4 is 15.4 Å². The first-order chi connectivity index (χ1) is 16.6. The highest BCUT2D eigenvalue weighted by atomic mass is 32.2. The van der Waals surface area contributed by atoms with E-state index in [9.17, 15) is 18.0 Å². The third-order valence-corrected chi connectivity index (χ3v) is 7.24. The number of hydrogen-bond acceptors (Lipinski definition) is 4. The van der Waals surface area contributed by atoms with Crippen LogP contribution in [-0.2, 0) is 21.4 Å². The second-order valence-electron chi connectivity index (χ2n) is 8.64. The summed E-state index contributed by atoms with van der Waals surface area (Å²) in [6, 6.07) is 18.9. The number of benzene rings is 3. The Morgan fingerprint density at radius 3 is 2.37 bits per heavy atom. The molecule has 0 radical (unpaired) electrons. The van der Waals surface area contributed by atoms with Crippen molar-refractivity contribution in [2.24, 2.45) is 5.92 Å². The molecular weight excluding hydrogens is 462 g/mol. The van der Waals surface area contributed by atoms with Gasteiger partial charge in [-0.15, -0.1) is 0 Å². The molecule has 3 aromatic carbocycles. The molecule has 1 unspecified atom stereocenters. The fraction of sp³-hybridized carbons (Fsp3) is 0.259. The molecule has 3 aromatic rings. The van der Waals surface area contributed by atoms with Crippen molar-refractivity contribution in [2.45, 2.75) is 45.6 Å². The fourth-order valence-electron chi connectivity index (χ4n) is 3.43. The Hall–Kier alpha value is -3.65. The van der Waals surface area contributed by atoms with Crippen molar-refractivity contribution < 1.29 is 18.0 Å². The summed E-state index contributed by atoms with van der Waals surface area (Å²) in [6.07, 6.45) is 0.751. The number of anilines is 2. The lowest BCUT2D eigenvalue weighted by Crippen LogP contribution is -2.23. The molecule has 0 saturated carbocycles. The summed E-state index contributed by atoms with van der Waals surface area (Å²) in [6.45, 7) is 7.65. The monoisotopic (exact) mass is 493 g/mol. The third-order valence-electron chi connectivity index (χ3n) is 5.72. The molecule has 3 rings (SSSR count). The summed E-state index contributed by atoms with van der Waals surface area (Å²) in [4.78, 5) is 25.1. The van der Waals surface area contributed by atoms with Crippen LogP contribution in [0.1, 0.15) is 47.3 Å². The minimum atomic E-state index is -3.80. The van der Waals surface area contributed by atoms with E-state index in [-0.39, 0.29) is 29.2 Å². The Balaban J connectivity index is 1.67. The van der Waals surface area contributed by atoms with Crippen molar-refractivity contribution >= 4 is 33.2 Å². The van der Waals surface area contributed by atoms with Crippen LogP contribution >= 0.6 is 0 Å². The van der Waals surface area contributed by atoms with E-state index in [1.165, 1.54) is 6.07 Å². The molecule has 0 aliphatic carbocycles. The van der Waals surface area contributed by atoms with Crippen molar-refractivity contribution in [1.82, 2.24) is 5.32 Å². The molecule has 0 aromatic heterocycles. The van der Waals surface area contributed by atoms with E-state index in [2.05, 4.69) is 15.4 Å². The van der Waals surface area contributed by atoms with Gasteiger partial charge in [-0.25, -0.2) is 8.42 Å². The topological polar surface area (TPSA) is 104 Å². The molecule has 184 valence electrons. The molecule has 0 aliphatic rings. The molecule has 0 saturated heterocycles. The van der Waals surface area contributed by atoms with Crippen LogP contribution in [0.3, 0.4) is 0 Å². The van der Waals surface area contributed by atoms with Gasteiger partial charge in [-0.3, -0.25) is 14.3 Å². The van der Waals surface area contributed by atoms with Gasteiger partial charge < -0.3 is 10.6 Å². The molecule has 0 aliphatic heterocycles. The maximum Gasteiger partial charge on any atom is 0.262 e. The molecule has 0 heterocycles. The Bertz CT molecular complexity index is 1340. The van der Waals surface area contributed by atoms with Crippen molar-refractivity contribution in [3.63, 3.8) is 0 Å². The number of hydrogen-bond donors (Lipinski definition) is 3. The predicted octanol–water partition coefficient (Wildman–Crippen LogP) is 5.02. The lowest BCUT2D eigenvalue weighted by molar-refractivity contribution is -0.119. The van der Waals surface area contributed by atoms with Gasteiger partial charge in [-0.05, 0) is 73.4 Å². The summed E-state index contributed by atoms with van der Waals surface area (Å²) in [5, 5.41) is 5.72. The van der Waals surface area contributed by atoms with Crippen LogP contribution in [0.4, 0.5) is 11.4 Å². The van der Waals surface area contributed by atoms with E-state index >= 15 is 0 Å². The van der Waals surface area contributed by atoms with Gasteiger partial charge in [0.15, 0.2) is 0 Å². The van der Waals surface area contributed by atoms with Crippen molar-refractivity contribution in [1.29, 1.82) is 0 Å². The molecule has 0 bridgehead atoms. The van der Waals surface area contributed by atoms with Gasteiger partial charge >= 0.3 is 0 Å². The molecule has 0 spiro atoms. The van der Waals surface area contributed by atoms with Gasteiger partial charge in [0.05, 0.1) is 4.90 Å². The van der Waals surface area contributed by atoms with Crippen LogP contribution in [0, 0.1) is 19.8 Å². The highest BCUT2D eigenvalue weighted by molar-refractivity contribution is 7.92. The normalized spacial score (nSPS) is 12.0. The van der Waals surface area contributed by atoms with Gasteiger partial charge in [0.25, 0.3) is 15.9 Å². The van der Waals surface area contributed by atoms with Crippen LogP contribution in [0.15, 0.2) is 71.6 Å². The largest absolute Gasteiger partial charge is 0.348 e. The minimum Gasteiger partial charge on any atom is -0.348 e. The van der Waals surface area contributed by atoms with Crippen molar-refractivity contribution in [2.75, 3.05) is 10.0 Å². The van der Waals surface area contributed by atoms with E-state index in [0.29, 0.717) is 22.5 Å². The molecular formula is C27H31N3O4S. The van der Waals surface area contributed by atoms with Gasteiger partial charge in [0, 0.05) is 29.4 Å². The Morgan fingerprint density at radius 2 is 1.63 bits per heavy atom. The number of sulfonamides is 1. The standard InChI is InChI=1S/C27H31N3O4S/c1-5-19(3)26(31)29-23-10-6-8-21(15-23)17-28-27(32)22-9-7-11-24(16-22)30-35(33,34)25-14-18(2)12-13-20(25)4/h6-16,19,30H,5,17H2,1-4H3,(H,28,32)(H,29,31). The van der Waals surface area contributed by atoms with Gasteiger partial charge in [-0.1, -0.05) is 44.2 Å². The van der Waals surface area contributed by atoms with Gasteiger partial charge in [-0.2, -0.15) is 0 Å². The molecule has 3 N–H and O–H groups in total. The minimum absolute atomic E-state index is 0.0474. The molecule has 35 heavy (non-hydrogen) atoms. The summed E-state index contributed by atoms with van der Waals surface area (Å²) in [7, 11) is -3.80. The maximum atomic E-state index is 12.9. The number of carbonyl (C=O) groups is 2. The van der Waals surface area contributed by atoms with E-state index in [4.69, 9.17) is 0 Å². The number of rotatable bonds is 9. The lowest BCUT2D eigenvalue weighted by Gasteiger charge is -2.13.